The van der Waals surface area contributed by atoms with E-state index >= 15 is 0 Å². The highest BCUT2D eigenvalue weighted by atomic mass is 16.2. The number of rotatable bonds is 4. The zero-order valence-electron chi connectivity index (χ0n) is 8.04. The van der Waals surface area contributed by atoms with Gasteiger partial charge < -0.3 is 5.32 Å². The van der Waals surface area contributed by atoms with Crippen molar-refractivity contribution < 1.29 is 4.79 Å². The van der Waals surface area contributed by atoms with Gasteiger partial charge >= 0.3 is 0 Å². The number of carbonyl (C=O) groups is 1. The van der Waals surface area contributed by atoms with Crippen molar-refractivity contribution in [3.63, 3.8) is 0 Å². The summed E-state index contributed by atoms with van der Waals surface area (Å²) in [7, 11) is 0. The van der Waals surface area contributed by atoms with Crippen LogP contribution in [0.5, 0.6) is 0 Å². The molecule has 0 saturated carbocycles. The van der Waals surface area contributed by atoms with Crippen LogP contribution < -0.4 is 10.7 Å². The molecule has 0 unspecified atom stereocenters. The number of carbonyl (C=O) groups excluding carboxylic acids is 1. The number of unbranched alkanes of at least 4 members (excludes halogenated alkanes) is 1. The van der Waals surface area contributed by atoms with Crippen molar-refractivity contribution in [2.45, 2.75) is 19.8 Å². The Kier molecular flexibility index (Phi) is 3.84. The molecule has 0 radical (unpaired) electrons. The Balaban J connectivity index is 2.56. The number of hydrogen-bond acceptors (Lipinski definition) is 3. The van der Waals surface area contributed by atoms with Crippen LogP contribution in [0.4, 0.5) is 0 Å². The third kappa shape index (κ3) is 3.01. The number of H-pyrrole nitrogens is 1. The molecule has 1 aromatic heterocycles. The summed E-state index contributed by atoms with van der Waals surface area (Å²) in [5.74, 6) is -0.288. The summed E-state index contributed by atoms with van der Waals surface area (Å²) in [6.07, 6.45) is 3.07. The molecule has 1 rings (SSSR count). The van der Waals surface area contributed by atoms with Gasteiger partial charge in [0.15, 0.2) is 0 Å². The second-order valence-electron chi connectivity index (χ2n) is 2.94. The predicted octanol–water partition coefficient (Wildman–Crippen LogP) is 0.300. The zero-order chi connectivity index (χ0) is 10.4. The van der Waals surface area contributed by atoms with Gasteiger partial charge in [-0.15, -0.1) is 0 Å². The average Bonchev–Trinajstić information content (AvgIpc) is 2.18. The first-order valence-corrected chi connectivity index (χ1v) is 4.57. The third-order valence-corrected chi connectivity index (χ3v) is 1.72. The molecule has 5 heteroatoms. The molecule has 0 spiro atoms. The maximum atomic E-state index is 11.4. The van der Waals surface area contributed by atoms with E-state index in [9.17, 15) is 9.59 Å². The molecular weight excluding hydrogens is 182 g/mol. The summed E-state index contributed by atoms with van der Waals surface area (Å²) in [5, 5.41) is 8.69. The van der Waals surface area contributed by atoms with Crippen molar-refractivity contribution in [3.8, 4) is 0 Å². The van der Waals surface area contributed by atoms with E-state index in [0.29, 0.717) is 6.54 Å². The van der Waals surface area contributed by atoms with Gasteiger partial charge in [-0.25, -0.2) is 0 Å². The fourth-order valence-electron chi connectivity index (χ4n) is 0.967. The average molecular weight is 195 g/mol. The smallest absolute Gasteiger partial charge is 0.269 e. The number of hydrogen-bond donors (Lipinski definition) is 2. The van der Waals surface area contributed by atoms with Crippen LogP contribution in [0.3, 0.4) is 0 Å². The molecule has 0 aliphatic rings. The number of aromatic amines is 1. The van der Waals surface area contributed by atoms with E-state index in [1.54, 1.807) is 0 Å². The maximum absolute atomic E-state index is 11.4. The van der Waals surface area contributed by atoms with Gasteiger partial charge in [0.05, 0.1) is 6.20 Å². The van der Waals surface area contributed by atoms with Crippen LogP contribution in [0.25, 0.3) is 0 Å². The molecule has 1 heterocycles. The lowest BCUT2D eigenvalue weighted by molar-refractivity contribution is 0.0947. The minimum atomic E-state index is -0.288. The minimum Gasteiger partial charge on any atom is -0.351 e. The lowest BCUT2D eigenvalue weighted by atomic mass is 10.3. The van der Waals surface area contributed by atoms with Crippen LogP contribution in [0.2, 0.25) is 0 Å². The molecule has 5 nitrogen and oxygen atoms in total. The number of nitrogens with one attached hydrogen (secondary N) is 2. The molecule has 0 aliphatic heterocycles. The van der Waals surface area contributed by atoms with Crippen molar-refractivity contribution in [1.82, 2.24) is 15.5 Å². The predicted molar refractivity (Wildman–Crippen MR) is 52.1 cm³/mol. The van der Waals surface area contributed by atoms with Crippen LogP contribution in [0.15, 0.2) is 17.1 Å². The summed E-state index contributed by atoms with van der Waals surface area (Å²) in [4.78, 5) is 22.2. The van der Waals surface area contributed by atoms with Crippen molar-refractivity contribution in [1.29, 1.82) is 0 Å². The molecule has 0 bridgehead atoms. The quantitative estimate of drug-likeness (QED) is 0.678. The summed E-state index contributed by atoms with van der Waals surface area (Å²) in [6.45, 7) is 2.66. The number of aromatic nitrogens is 2. The van der Waals surface area contributed by atoms with Crippen LogP contribution >= 0.6 is 0 Å². The Morgan fingerprint density at radius 2 is 2.43 bits per heavy atom. The summed E-state index contributed by atoms with van der Waals surface area (Å²) < 4.78 is 0. The van der Waals surface area contributed by atoms with E-state index in [1.165, 1.54) is 6.07 Å². The Morgan fingerprint density at radius 3 is 3.07 bits per heavy atom. The molecule has 0 saturated heterocycles. The van der Waals surface area contributed by atoms with E-state index < -0.39 is 0 Å². The van der Waals surface area contributed by atoms with E-state index in [-0.39, 0.29) is 17.0 Å². The van der Waals surface area contributed by atoms with Crippen molar-refractivity contribution in [2.75, 3.05) is 6.54 Å². The topological polar surface area (TPSA) is 74.8 Å². The highest BCUT2D eigenvalue weighted by Crippen LogP contribution is 1.88. The second kappa shape index (κ2) is 5.16. The van der Waals surface area contributed by atoms with Crippen LogP contribution in [0.1, 0.15) is 30.3 Å². The fourth-order valence-corrected chi connectivity index (χ4v) is 0.967. The Bertz CT molecular complexity index is 359. The van der Waals surface area contributed by atoms with Crippen molar-refractivity contribution >= 4 is 5.91 Å². The van der Waals surface area contributed by atoms with Crippen molar-refractivity contribution in [3.05, 3.63) is 28.2 Å². The standard InChI is InChI=1S/C9H13N3O2/c1-2-3-4-10-9(14)8-5-7(13)6-11-12-8/h5-6H,2-4H2,1H3,(H,10,14)(H,12,13). The number of amides is 1. The molecule has 0 atom stereocenters. The fraction of sp³-hybridized carbons (Fsp3) is 0.444. The van der Waals surface area contributed by atoms with Crippen LogP contribution in [-0.2, 0) is 0 Å². The molecular formula is C9H13N3O2. The van der Waals surface area contributed by atoms with E-state index in [1.807, 2.05) is 6.92 Å². The minimum absolute atomic E-state index is 0.202. The maximum Gasteiger partial charge on any atom is 0.269 e. The van der Waals surface area contributed by atoms with Gasteiger partial charge in [0.1, 0.15) is 5.69 Å². The summed E-state index contributed by atoms with van der Waals surface area (Å²) >= 11 is 0. The lowest BCUT2D eigenvalue weighted by Crippen LogP contribution is -2.26. The monoisotopic (exact) mass is 195 g/mol. The van der Waals surface area contributed by atoms with Gasteiger partial charge in [-0.05, 0) is 6.42 Å². The normalized spacial score (nSPS) is 9.79. The molecule has 0 aromatic carbocycles. The van der Waals surface area contributed by atoms with Crippen molar-refractivity contribution in [2.24, 2.45) is 0 Å². The molecule has 76 valence electrons. The Morgan fingerprint density at radius 1 is 1.64 bits per heavy atom. The number of nitrogens with zero attached hydrogens (tertiary/aromatic N) is 1. The van der Waals surface area contributed by atoms with E-state index in [0.717, 1.165) is 19.0 Å². The molecule has 2 N–H and O–H groups in total. The third-order valence-electron chi connectivity index (χ3n) is 1.72. The van der Waals surface area contributed by atoms with E-state index in [4.69, 9.17) is 0 Å². The summed E-state index contributed by atoms with van der Waals surface area (Å²) in [6, 6.07) is 1.23. The SMILES string of the molecule is CCCCNC(=O)c1cc(=O)cn[nH]1. The first kappa shape index (κ1) is 10.4. The molecule has 14 heavy (non-hydrogen) atoms. The molecule has 1 amide bonds. The van der Waals surface area contributed by atoms with Gasteiger partial charge in [0.2, 0.25) is 5.43 Å². The van der Waals surface area contributed by atoms with Gasteiger partial charge in [0.25, 0.3) is 5.91 Å². The van der Waals surface area contributed by atoms with Crippen LogP contribution in [-0.4, -0.2) is 22.6 Å². The van der Waals surface area contributed by atoms with Gasteiger partial charge in [-0.3, -0.25) is 14.7 Å². The zero-order valence-corrected chi connectivity index (χ0v) is 8.04. The highest BCUT2D eigenvalue weighted by Gasteiger charge is 2.04. The Labute approximate surface area is 81.5 Å². The second-order valence-corrected chi connectivity index (χ2v) is 2.94. The summed E-state index contributed by atoms with van der Waals surface area (Å²) in [5.41, 5.74) is -0.0713. The van der Waals surface area contributed by atoms with Crippen LogP contribution in [0, 0.1) is 0 Å². The highest BCUT2D eigenvalue weighted by molar-refractivity contribution is 5.91. The largest absolute Gasteiger partial charge is 0.351 e. The Hall–Kier alpha value is -1.65. The van der Waals surface area contributed by atoms with Gasteiger partial charge in [-0.2, -0.15) is 5.10 Å². The molecule has 0 fully saturated rings. The van der Waals surface area contributed by atoms with Gasteiger partial charge in [0, 0.05) is 12.6 Å². The lowest BCUT2D eigenvalue weighted by Gasteiger charge is -2.02. The van der Waals surface area contributed by atoms with Gasteiger partial charge in [-0.1, -0.05) is 13.3 Å². The molecule has 0 aliphatic carbocycles. The van der Waals surface area contributed by atoms with E-state index in [2.05, 4.69) is 15.5 Å². The first-order chi connectivity index (χ1) is 6.74. The molecule has 1 aromatic rings. The first-order valence-electron chi connectivity index (χ1n) is 4.57.